The Bertz CT molecular complexity index is 337. The smallest absolute Gasteiger partial charge is 0.213 e. The lowest BCUT2D eigenvalue weighted by Crippen LogP contribution is -2.21. The van der Waals surface area contributed by atoms with Gasteiger partial charge in [0, 0.05) is 24.8 Å². The number of rotatable bonds is 8. The van der Waals surface area contributed by atoms with E-state index in [1.807, 2.05) is 18.3 Å². The Balaban J connectivity index is 2.34. The molecule has 0 bridgehead atoms. The van der Waals surface area contributed by atoms with Gasteiger partial charge in [0.15, 0.2) is 0 Å². The largest absolute Gasteiger partial charge is 0.478 e. The van der Waals surface area contributed by atoms with Crippen molar-refractivity contribution in [2.24, 2.45) is 5.92 Å². The number of nitrogens with one attached hydrogen (secondary N) is 1. The van der Waals surface area contributed by atoms with Gasteiger partial charge in [-0.2, -0.15) is 0 Å². The highest BCUT2D eigenvalue weighted by Gasteiger charge is 2.00. The fraction of sp³-hybridized carbons (Fsp3) is 0.667. The van der Waals surface area contributed by atoms with Crippen molar-refractivity contribution in [3.8, 4) is 5.88 Å². The summed E-state index contributed by atoms with van der Waals surface area (Å²) in [6, 6.07) is 4.54. The van der Waals surface area contributed by atoms with Crippen LogP contribution in [-0.2, 0) is 6.54 Å². The number of aromatic nitrogens is 1. The molecule has 0 saturated carbocycles. The van der Waals surface area contributed by atoms with Crippen molar-refractivity contribution in [3.05, 3.63) is 23.9 Å². The minimum atomic E-state index is 0.494. The van der Waals surface area contributed by atoms with Gasteiger partial charge >= 0.3 is 0 Å². The summed E-state index contributed by atoms with van der Waals surface area (Å²) >= 11 is 0. The lowest BCUT2D eigenvalue weighted by Gasteiger charge is -2.10. The van der Waals surface area contributed by atoms with Crippen molar-refractivity contribution >= 4 is 0 Å². The molecule has 0 fully saturated rings. The first-order valence-electron chi connectivity index (χ1n) is 6.89. The van der Waals surface area contributed by atoms with E-state index in [9.17, 15) is 0 Å². The number of ether oxygens (including phenoxy) is 1. The molecule has 3 heteroatoms. The van der Waals surface area contributed by atoms with Crippen molar-refractivity contribution in [1.82, 2.24) is 10.3 Å². The van der Waals surface area contributed by atoms with Crippen LogP contribution in [0.4, 0.5) is 0 Å². The van der Waals surface area contributed by atoms with Crippen LogP contribution in [-0.4, -0.2) is 17.6 Å². The summed E-state index contributed by atoms with van der Waals surface area (Å²) in [7, 11) is 0. The van der Waals surface area contributed by atoms with Crippen molar-refractivity contribution in [2.45, 2.75) is 53.1 Å². The molecule has 0 spiro atoms. The van der Waals surface area contributed by atoms with E-state index in [1.54, 1.807) is 0 Å². The van der Waals surface area contributed by atoms with Gasteiger partial charge in [-0.1, -0.05) is 27.7 Å². The van der Waals surface area contributed by atoms with Crippen LogP contribution >= 0.6 is 0 Å². The molecule has 1 aromatic heterocycles. The van der Waals surface area contributed by atoms with Gasteiger partial charge in [0.05, 0.1) is 6.61 Å². The zero-order valence-electron chi connectivity index (χ0n) is 12.1. The number of hydrogen-bond donors (Lipinski definition) is 1. The van der Waals surface area contributed by atoms with Crippen LogP contribution < -0.4 is 10.1 Å². The molecule has 1 N–H and O–H groups in total. The molecule has 0 atom stereocenters. The molecule has 0 aliphatic carbocycles. The number of nitrogens with zero attached hydrogens (tertiary/aromatic N) is 1. The van der Waals surface area contributed by atoms with Crippen molar-refractivity contribution in [1.29, 1.82) is 0 Å². The lowest BCUT2D eigenvalue weighted by molar-refractivity contribution is 0.287. The van der Waals surface area contributed by atoms with Gasteiger partial charge in [-0.15, -0.1) is 0 Å². The third-order valence-electron chi connectivity index (χ3n) is 2.69. The van der Waals surface area contributed by atoms with Crippen molar-refractivity contribution < 1.29 is 4.74 Å². The van der Waals surface area contributed by atoms with Crippen molar-refractivity contribution in [2.75, 3.05) is 6.61 Å². The first kappa shape index (κ1) is 15.0. The predicted octanol–water partition coefficient (Wildman–Crippen LogP) is 3.39. The molecule has 18 heavy (non-hydrogen) atoms. The van der Waals surface area contributed by atoms with Crippen LogP contribution in [0.5, 0.6) is 5.88 Å². The Kier molecular flexibility index (Phi) is 6.73. The number of hydrogen-bond acceptors (Lipinski definition) is 3. The zero-order valence-corrected chi connectivity index (χ0v) is 12.1. The molecule has 0 aromatic carbocycles. The normalized spacial score (nSPS) is 11.2. The Morgan fingerprint density at radius 3 is 2.72 bits per heavy atom. The fourth-order valence-corrected chi connectivity index (χ4v) is 1.63. The molecular formula is C15H26N2O. The zero-order chi connectivity index (χ0) is 13.4. The topological polar surface area (TPSA) is 34.1 Å². The Labute approximate surface area is 111 Å². The summed E-state index contributed by atoms with van der Waals surface area (Å²) in [5.41, 5.74) is 1.22. The van der Waals surface area contributed by atoms with Gasteiger partial charge in [-0.3, -0.25) is 0 Å². The third kappa shape index (κ3) is 6.60. The molecule has 0 saturated heterocycles. The molecule has 0 radical (unpaired) electrons. The van der Waals surface area contributed by atoms with Gasteiger partial charge in [0.25, 0.3) is 0 Å². The molecule has 1 rings (SSSR count). The molecule has 1 heterocycles. The molecule has 0 aliphatic heterocycles. The van der Waals surface area contributed by atoms with Crippen LogP contribution in [0.1, 0.15) is 46.1 Å². The average Bonchev–Trinajstić information content (AvgIpc) is 2.32. The van der Waals surface area contributed by atoms with E-state index in [2.05, 4.69) is 38.0 Å². The Morgan fingerprint density at radius 1 is 1.28 bits per heavy atom. The fourth-order valence-electron chi connectivity index (χ4n) is 1.63. The minimum absolute atomic E-state index is 0.494. The van der Waals surface area contributed by atoms with Crippen LogP contribution in [0.2, 0.25) is 0 Å². The molecular weight excluding hydrogens is 224 g/mol. The van der Waals surface area contributed by atoms with Crippen molar-refractivity contribution in [3.63, 3.8) is 0 Å². The van der Waals surface area contributed by atoms with E-state index in [0.717, 1.165) is 31.4 Å². The van der Waals surface area contributed by atoms with E-state index in [-0.39, 0.29) is 0 Å². The van der Waals surface area contributed by atoms with Crippen LogP contribution in [0, 0.1) is 5.92 Å². The second-order valence-electron chi connectivity index (χ2n) is 5.42. The van der Waals surface area contributed by atoms with Crippen LogP contribution in [0.15, 0.2) is 18.3 Å². The first-order valence-corrected chi connectivity index (χ1v) is 6.89. The monoisotopic (exact) mass is 250 g/mol. The summed E-state index contributed by atoms with van der Waals surface area (Å²) in [4.78, 5) is 4.23. The summed E-state index contributed by atoms with van der Waals surface area (Å²) < 4.78 is 5.66. The van der Waals surface area contributed by atoms with Crippen LogP contribution in [0.25, 0.3) is 0 Å². The maximum absolute atomic E-state index is 5.66. The summed E-state index contributed by atoms with van der Waals surface area (Å²) in [6.45, 7) is 10.4. The first-order chi connectivity index (χ1) is 8.58. The number of pyridine rings is 1. The van der Waals surface area contributed by atoms with E-state index >= 15 is 0 Å². The highest BCUT2D eigenvalue weighted by molar-refractivity contribution is 5.20. The quantitative estimate of drug-likeness (QED) is 0.718. The average molecular weight is 250 g/mol. The molecule has 102 valence electrons. The minimum Gasteiger partial charge on any atom is -0.478 e. The molecule has 3 nitrogen and oxygen atoms in total. The molecule has 0 unspecified atom stereocenters. The Morgan fingerprint density at radius 2 is 2.06 bits per heavy atom. The molecule has 0 amide bonds. The summed E-state index contributed by atoms with van der Waals surface area (Å²) in [5, 5.41) is 3.39. The van der Waals surface area contributed by atoms with Gasteiger partial charge in [-0.25, -0.2) is 4.98 Å². The third-order valence-corrected chi connectivity index (χ3v) is 2.69. The van der Waals surface area contributed by atoms with E-state index in [1.165, 1.54) is 12.0 Å². The van der Waals surface area contributed by atoms with Gasteiger partial charge in [0.2, 0.25) is 5.88 Å². The van der Waals surface area contributed by atoms with Gasteiger partial charge < -0.3 is 10.1 Å². The SMILES string of the molecule is CC(C)CCCOc1cc(CNC(C)C)ccn1. The lowest BCUT2D eigenvalue weighted by atomic mass is 10.1. The summed E-state index contributed by atoms with van der Waals surface area (Å²) in [6.07, 6.45) is 4.11. The van der Waals surface area contributed by atoms with E-state index < -0.39 is 0 Å². The van der Waals surface area contributed by atoms with E-state index in [0.29, 0.717) is 6.04 Å². The molecule has 1 aromatic rings. The standard InChI is InChI=1S/C15H26N2O/c1-12(2)6-5-9-18-15-10-14(7-8-16-15)11-17-13(3)4/h7-8,10,12-13,17H,5-6,9,11H2,1-4H3. The highest BCUT2D eigenvalue weighted by atomic mass is 16.5. The van der Waals surface area contributed by atoms with Gasteiger partial charge in [-0.05, 0) is 30.4 Å². The maximum Gasteiger partial charge on any atom is 0.213 e. The maximum atomic E-state index is 5.66. The van der Waals surface area contributed by atoms with Gasteiger partial charge in [0.1, 0.15) is 0 Å². The van der Waals surface area contributed by atoms with Crippen LogP contribution in [0.3, 0.4) is 0 Å². The second-order valence-corrected chi connectivity index (χ2v) is 5.42. The second kappa shape index (κ2) is 8.09. The summed E-state index contributed by atoms with van der Waals surface area (Å²) in [5.74, 6) is 1.48. The molecule has 0 aliphatic rings. The predicted molar refractivity (Wildman–Crippen MR) is 75.8 cm³/mol. The van der Waals surface area contributed by atoms with E-state index in [4.69, 9.17) is 4.74 Å². The highest BCUT2D eigenvalue weighted by Crippen LogP contribution is 2.11. The Hall–Kier alpha value is -1.09.